The number of carbonyl (C=O) groups is 1. The average molecular weight is 300 g/mol. The van der Waals surface area contributed by atoms with Crippen LogP contribution in [0.25, 0.3) is 0 Å². The first kappa shape index (κ1) is 14.9. The van der Waals surface area contributed by atoms with Crippen molar-refractivity contribution in [2.24, 2.45) is 7.05 Å². The molecule has 1 aliphatic heterocycles. The Bertz CT molecular complexity index is 670. The number of amides is 1. The van der Waals surface area contributed by atoms with Gasteiger partial charge in [-0.25, -0.2) is 0 Å². The molecule has 0 saturated heterocycles. The summed E-state index contributed by atoms with van der Waals surface area (Å²) in [7, 11) is 1.86. The average Bonchev–Trinajstić information content (AvgIpc) is 3.12. The van der Waals surface area contributed by atoms with Gasteiger partial charge in [0.25, 0.3) is 5.91 Å². The van der Waals surface area contributed by atoms with Gasteiger partial charge in [0.05, 0.1) is 11.7 Å². The van der Waals surface area contributed by atoms with Crippen molar-refractivity contribution in [3.8, 4) is 0 Å². The molecule has 118 valence electrons. The monoisotopic (exact) mass is 300 g/mol. The molecule has 0 bridgehead atoms. The first-order chi connectivity index (χ1) is 10.7. The van der Waals surface area contributed by atoms with Crippen molar-refractivity contribution < 1.29 is 4.79 Å². The molecule has 0 N–H and O–H groups in total. The summed E-state index contributed by atoms with van der Waals surface area (Å²) in [4.78, 5) is 15.0. The van der Waals surface area contributed by atoms with Gasteiger partial charge in [-0.3, -0.25) is 9.48 Å². The summed E-state index contributed by atoms with van der Waals surface area (Å²) >= 11 is 0. The lowest BCUT2D eigenvalue weighted by Gasteiger charge is -2.36. The fourth-order valence-electron chi connectivity index (χ4n) is 3.39. The quantitative estimate of drug-likeness (QED) is 0.871. The molecular weight excluding hydrogens is 276 g/mol. The number of aromatic nitrogens is 3. The molecule has 3 rings (SSSR count). The van der Waals surface area contributed by atoms with Crippen LogP contribution >= 0.6 is 0 Å². The molecule has 2 aromatic heterocycles. The minimum atomic E-state index is 0.0941. The van der Waals surface area contributed by atoms with E-state index in [0.717, 1.165) is 38.0 Å². The fraction of sp³-hybridized carbons (Fsp3) is 0.529. The third-order valence-electron chi connectivity index (χ3n) is 4.47. The largest absolute Gasteiger partial charge is 0.348 e. The van der Waals surface area contributed by atoms with Crippen molar-refractivity contribution in [1.82, 2.24) is 19.2 Å². The van der Waals surface area contributed by atoms with E-state index in [2.05, 4.69) is 41.8 Å². The number of rotatable bonds is 4. The molecule has 22 heavy (non-hydrogen) atoms. The van der Waals surface area contributed by atoms with Gasteiger partial charge in [-0.05, 0) is 31.0 Å². The Morgan fingerprint density at radius 2 is 2.18 bits per heavy atom. The first-order valence-electron chi connectivity index (χ1n) is 8.14. The normalized spacial score (nSPS) is 17.6. The minimum Gasteiger partial charge on any atom is -0.348 e. The van der Waals surface area contributed by atoms with Gasteiger partial charge in [0.2, 0.25) is 0 Å². The van der Waals surface area contributed by atoms with E-state index >= 15 is 0 Å². The number of carbonyl (C=O) groups excluding carboxylic acids is 1. The van der Waals surface area contributed by atoms with Crippen molar-refractivity contribution in [1.29, 1.82) is 0 Å². The lowest BCUT2D eigenvalue weighted by atomic mass is 10.1. The number of hydrogen-bond donors (Lipinski definition) is 0. The van der Waals surface area contributed by atoms with Crippen LogP contribution in [0.1, 0.15) is 54.6 Å². The second-order valence-electron chi connectivity index (χ2n) is 5.94. The van der Waals surface area contributed by atoms with E-state index in [1.807, 2.05) is 18.0 Å². The Balaban J connectivity index is 1.89. The summed E-state index contributed by atoms with van der Waals surface area (Å²) in [6.45, 7) is 5.89. The lowest BCUT2D eigenvalue weighted by Crippen LogP contribution is -2.42. The topological polar surface area (TPSA) is 43.1 Å². The minimum absolute atomic E-state index is 0.0941. The van der Waals surface area contributed by atoms with Gasteiger partial charge in [-0.2, -0.15) is 5.10 Å². The summed E-state index contributed by atoms with van der Waals surface area (Å²) in [5, 5.41) is 4.47. The summed E-state index contributed by atoms with van der Waals surface area (Å²) in [5.74, 6) is 0.0941. The van der Waals surface area contributed by atoms with Crippen molar-refractivity contribution in [3.05, 3.63) is 41.5 Å². The van der Waals surface area contributed by atoms with Crippen LogP contribution in [0.2, 0.25) is 0 Å². The number of hydrogen-bond acceptors (Lipinski definition) is 2. The molecule has 1 amide bonds. The highest BCUT2D eigenvalue weighted by molar-refractivity contribution is 5.93. The maximum atomic E-state index is 13.0. The van der Waals surface area contributed by atoms with Crippen molar-refractivity contribution in [2.45, 2.75) is 45.7 Å². The van der Waals surface area contributed by atoms with E-state index in [-0.39, 0.29) is 11.9 Å². The van der Waals surface area contributed by atoms with E-state index in [4.69, 9.17) is 0 Å². The predicted octanol–water partition coefficient (Wildman–Crippen LogP) is 2.78. The molecule has 0 aromatic carbocycles. The van der Waals surface area contributed by atoms with Crippen molar-refractivity contribution >= 4 is 5.91 Å². The molecule has 2 aromatic rings. The standard InChI is InChI=1S/C17H24N4O/c1-4-7-13-12-16(19(3)18-13)17(22)21-11-10-20-9-6-8-15(20)14(21)5-2/h6,8-9,12,14H,4-5,7,10-11H2,1-3H3/t14-/m1/s1. The van der Waals surface area contributed by atoms with Crippen molar-refractivity contribution in [2.75, 3.05) is 6.54 Å². The van der Waals surface area contributed by atoms with Crippen LogP contribution in [-0.2, 0) is 20.0 Å². The highest BCUT2D eigenvalue weighted by Crippen LogP contribution is 2.30. The van der Waals surface area contributed by atoms with Gasteiger partial charge in [0.15, 0.2) is 0 Å². The molecule has 0 spiro atoms. The second kappa shape index (κ2) is 5.99. The van der Waals surface area contributed by atoms with Crippen LogP contribution in [0.4, 0.5) is 0 Å². The van der Waals surface area contributed by atoms with Crippen LogP contribution in [0, 0.1) is 0 Å². The molecule has 0 radical (unpaired) electrons. The highest BCUT2D eigenvalue weighted by Gasteiger charge is 2.31. The Labute approximate surface area is 131 Å². The molecule has 5 heteroatoms. The van der Waals surface area contributed by atoms with Crippen LogP contribution in [0.3, 0.4) is 0 Å². The smallest absolute Gasteiger partial charge is 0.272 e. The van der Waals surface area contributed by atoms with E-state index in [9.17, 15) is 4.79 Å². The maximum Gasteiger partial charge on any atom is 0.272 e. The maximum absolute atomic E-state index is 13.0. The third-order valence-corrected chi connectivity index (χ3v) is 4.47. The van der Waals surface area contributed by atoms with Gasteiger partial charge in [0, 0.05) is 32.0 Å². The molecule has 3 heterocycles. The van der Waals surface area contributed by atoms with E-state index in [1.54, 1.807) is 4.68 Å². The Kier molecular flexibility index (Phi) is 4.05. The molecule has 0 aliphatic carbocycles. The van der Waals surface area contributed by atoms with Crippen molar-refractivity contribution in [3.63, 3.8) is 0 Å². The summed E-state index contributed by atoms with van der Waals surface area (Å²) < 4.78 is 3.98. The Morgan fingerprint density at radius 3 is 2.91 bits per heavy atom. The molecular formula is C17H24N4O. The second-order valence-corrected chi connectivity index (χ2v) is 5.94. The number of aryl methyl sites for hydroxylation is 2. The number of nitrogens with zero attached hydrogens (tertiary/aromatic N) is 4. The summed E-state index contributed by atoms with van der Waals surface area (Å²) in [6.07, 6.45) is 4.99. The van der Waals surface area contributed by atoms with E-state index in [0.29, 0.717) is 5.69 Å². The van der Waals surface area contributed by atoms with Crippen LogP contribution in [0.5, 0.6) is 0 Å². The van der Waals surface area contributed by atoms with E-state index in [1.165, 1.54) is 5.69 Å². The van der Waals surface area contributed by atoms with Gasteiger partial charge in [-0.15, -0.1) is 0 Å². The summed E-state index contributed by atoms with van der Waals surface area (Å²) in [6, 6.07) is 6.29. The van der Waals surface area contributed by atoms with Gasteiger partial charge >= 0.3 is 0 Å². The third kappa shape index (κ3) is 2.45. The molecule has 0 saturated carbocycles. The van der Waals surface area contributed by atoms with Crippen LogP contribution in [-0.4, -0.2) is 31.7 Å². The zero-order valence-electron chi connectivity index (χ0n) is 13.6. The first-order valence-corrected chi connectivity index (χ1v) is 8.14. The lowest BCUT2D eigenvalue weighted by molar-refractivity contribution is 0.0606. The molecule has 1 atom stereocenters. The van der Waals surface area contributed by atoms with E-state index < -0.39 is 0 Å². The Hall–Kier alpha value is -2.04. The van der Waals surface area contributed by atoms with Crippen LogP contribution in [0.15, 0.2) is 24.4 Å². The van der Waals surface area contributed by atoms with Crippen LogP contribution < -0.4 is 0 Å². The van der Waals surface area contributed by atoms with Gasteiger partial charge < -0.3 is 9.47 Å². The highest BCUT2D eigenvalue weighted by atomic mass is 16.2. The molecule has 5 nitrogen and oxygen atoms in total. The SMILES string of the molecule is CCCc1cc(C(=O)N2CCn3cccc3[C@H]2CC)n(C)n1. The predicted molar refractivity (Wildman–Crippen MR) is 85.7 cm³/mol. The molecule has 0 unspecified atom stereocenters. The zero-order valence-corrected chi connectivity index (χ0v) is 13.6. The fourth-order valence-corrected chi connectivity index (χ4v) is 3.39. The Morgan fingerprint density at radius 1 is 1.36 bits per heavy atom. The van der Waals surface area contributed by atoms with Gasteiger partial charge in [-0.1, -0.05) is 20.3 Å². The summed E-state index contributed by atoms with van der Waals surface area (Å²) in [5.41, 5.74) is 2.93. The molecule has 1 aliphatic rings. The van der Waals surface area contributed by atoms with Gasteiger partial charge in [0.1, 0.15) is 5.69 Å². The number of fused-ring (bicyclic) bond motifs is 1. The molecule has 0 fully saturated rings. The zero-order chi connectivity index (χ0) is 15.7.